The molecular formula is C18H27N5O6. The molecular weight excluding hydrogens is 382 g/mol. The van der Waals surface area contributed by atoms with Crippen LogP contribution >= 0.6 is 0 Å². The van der Waals surface area contributed by atoms with Crippen molar-refractivity contribution in [1.29, 1.82) is 0 Å². The van der Waals surface area contributed by atoms with Crippen molar-refractivity contribution < 1.29 is 28.5 Å². The lowest BCUT2D eigenvalue weighted by atomic mass is 10.1. The van der Waals surface area contributed by atoms with Gasteiger partial charge in [0.15, 0.2) is 17.6 Å². The maximum atomic E-state index is 11.8. The fourth-order valence-electron chi connectivity index (χ4n) is 2.90. The molecule has 0 spiro atoms. The smallest absolute Gasteiger partial charge is 0.335 e. The maximum absolute atomic E-state index is 11.8. The normalized spacial score (nSPS) is 14.4. The van der Waals surface area contributed by atoms with Crippen molar-refractivity contribution in [3.8, 4) is 0 Å². The topological polar surface area (TPSA) is 141 Å². The van der Waals surface area contributed by atoms with E-state index in [1.807, 2.05) is 11.5 Å². The Morgan fingerprint density at radius 2 is 1.93 bits per heavy atom. The largest absolute Gasteiger partial charge is 0.469 e. The number of aryl methyl sites for hydroxylation is 1. The van der Waals surface area contributed by atoms with E-state index in [1.165, 1.54) is 14.2 Å². The van der Waals surface area contributed by atoms with Gasteiger partial charge in [-0.15, -0.1) is 0 Å². The molecule has 0 aliphatic heterocycles. The zero-order valence-electron chi connectivity index (χ0n) is 17.2. The minimum atomic E-state index is -1.07. The van der Waals surface area contributed by atoms with Crippen LogP contribution in [0.2, 0.25) is 0 Å². The zero-order valence-corrected chi connectivity index (χ0v) is 17.2. The van der Waals surface area contributed by atoms with Crippen LogP contribution in [-0.4, -0.2) is 71.6 Å². The number of methoxy groups -OCH3 is 3. The van der Waals surface area contributed by atoms with Gasteiger partial charge in [-0.25, -0.2) is 19.7 Å². The second-order valence-electron chi connectivity index (χ2n) is 6.55. The van der Waals surface area contributed by atoms with Crippen LogP contribution in [0.3, 0.4) is 0 Å². The number of nitrogens with zero attached hydrogens (tertiary/aromatic N) is 4. The molecule has 11 nitrogen and oxygen atoms in total. The van der Waals surface area contributed by atoms with E-state index in [9.17, 15) is 9.59 Å². The van der Waals surface area contributed by atoms with E-state index >= 15 is 0 Å². The molecule has 0 aromatic carbocycles. The van der Waals surface area contributed by atoms with Crippen LogP contribution in [0, 0.1) is 6.92 Å². The molecule has 2 N–H and O–H groups in total. The Kier molecular flexibility index (Phi) is 7.85. The Morgan fingerprint density at radius 1 is 1.21 bits per heavy atom. The molecule has 0 aliphatic rings. The Morgan fingerprint density at radius 3 is 2.55 bits per heavy atom. The van der Waals surface area contributed by atoms with Gasteiger partial charge in [0.2, 0.25) is 0 Å². The van der Waals surface area contributed by atoms with Gasteiger partial charge in [-0.05, 0) is 20.3 Å². The van der Waals surface area contributed by atoms with Gasteiger partial charge in [-0.1, -0.05) is 0 Å². The summed E-state index contributed by atoms with van der Waals surface area (Å²) in [5, 5.41) is 0. The van der Waals surface area contributed by atoms with Crippen molar-refractivity contribution in [2.45, 2.75) is 44.9 Å². The van der Waals surface area contributed by atoms with Crippen LogP contribution in [-0.2, 0) is 28.5 Å². The fraction of sp³-hybridized carbons (Fsp3) is 0.611. The number of nitrogens with two attached hydrogens (primary N) is 1. The molecule has 0 aliphatic carbocycles. The predicted octanol–water partition coefficient (Wildman–Crippen LogP) is 0.804. The quantitative estimate of drug-likeness (QED) is 0.560. The molecule has 2 rings (SSSR count). The summed E-state index contributed by atoms with van der Waals surface area (Å²) in [6.45, 7) is 3.82. The first-order valence-corrected chi connectivity index (χ1v) is 9.06. The van der Waals surface area contributed by atoms with Gasteiger partial charge in [0.25, 0.3) is 0 Å². The minimum Gasteiger partial charge on any atom is -0.469 e. The van der Waals surface area contributed by atoms with E-state index < -0.39 is 18.0 Å². The number of ether oxygens (including phenoxy) is 4. The maximum Gasteiger partial charge on any atom is 0.335 e. The Bertz CT molecular complexity index is 855. The first-order chi connectivity index (χ1) is 13.8. The van der Waals surface area contributed by atoms with E-state index in [4.69, 9.17) is 15.2 Å². The molecule has 29 heavy (non-hydrogen) atoms. The molecule has 0 bridgehead atoms. The fourth-order valence-corrected chi connectivity index (χ4v) is 2.90. The van der Waals surface area contributed by atoms with Crippen LogP contribution < -0.4 is 5.73 Å². The van der Waals surface area contributed by atoms with Gasteiger partial charge in [-0.2, -0.15) is 0 Å². The lowest BCUT2D eigenvalue weighted by Crippen LogP contribution is -2.33. The molecule has 0 amide bonds. The molecule has 0 saturated carbocycles. The van der Waals surface area contributed by atoms with Crippen LogP contribution in [0.25, 0.3) is 11.2 Å². The average molecular weight is 409 g/mol. The highest BCUT2D eigenvalue weighted by Crippen LogP contribution is 2.23. The lowest BCUT2D eigenvalue weighted by molar-refractivity contribution is -0.163. The summed E-state index contributed by atoms with van der Waals surface area (Å²) in [6, 6.07) is -0.0561. The number of carbonyl (C=O) groups excluding carboxylic acids is 2. The number of imidazole rings is 1. The van der Waals surface area contributed by atoms with Gasteiger partial charge >= 0.3 is 11.9 Å². The molecule has 160 valence electrons. The molecule has 0 saturated heterocycles. The number of hydrogen-bond donors (Lipinski definition) is 1. The highest BCUT2D eigenvalue weighted by atomic mass is 16.6. The van der Waals surface area contributed by atoms with Crippen molar-refractivity contribution in [3.63, 3.8) is 0 Å². The van der Waals surface area contributed by atoms with Crippen molar-refractivity contribution in [2.24, 2.45) is 0 Å². The van der Waals surface area contributed by atoms with Crippen LogP contribution in [0.1, 0.15) is 31.6 Å². The standard InChI is InChI=1S/C18H27N5O6/c1-10(23-9-20-15-16(19)21-11(2)22-17(15)23)6-12(26-3)8-29-13(18(25)28-5)7-14(24)27-4/h9-10,12-13H,6-8H2,1-5H3,(H2,19,21,22). The SMILES string of the molecule is COC(=O)CC(OCC(CC(C)n1cnc2c(N)nc(C)nc21)OC)C(=O)OC. The molecule has 11 heteroatoms. The molecule has 2 aromatic rings. The monoisotopic (exact) mass is 409 g/mol. The molecule has 0 fully saturated rings. The summed E-state index contributed by atoms with van der Waals surface area (Å²) >= 11 is 0. The predicted molar refractivity (Wildman–Crippen MR) is 103 cm³/mol. The van der Waals surface area contributed by atoms with E-state index in [0.717, 1.165) is 0 Å². The van der Waals surface area contributed by atoms with Gasteiger partial charge in [0, 0.05) is 13.2 Å². The van der Waals surface area contributed by atoms with Crippen molar-refractivity contribution >= 4 is 28.9 Å². The molecule has 3 unspecified atom stereocenters. The molecule has 0 radical (unpaired) electrons. The van der Waals surface area contributed by atoms with Crippen molar-refractivity contribution in [3.05, 3.63) is 12.2 Å². The molecule has 3 atom stereocenters. The Hall–Kier alpha value is -2.79. The summed E-state index contributed by atoms with van der Waals surface area (Å²) in [4.78, 5) is 36.2. The number of rotatable bonds is 10. The number of fused-ring (bicyclic) bond motifs is 1. The summed E-state index contributed by atoms with van der Waals surface area (Å²) in [5.41, 5.74) is 7.09. The number of nitrogen functional groups attached to an aromatic ring is 1. The number of hydrogen-bond acceptors (Lipinski definition) is 10. The Labute approximate surface area is 168 Å². The zero-order chi connectivity index (χ0) is 21.6. The van der Waals surface area contributed by atoms with Crippen LogP contribution in [0.4, 0.5) is 5.82 Å². The Balaban J connectivity index is 2.07. The van der Waals surface area contributed by atoms with E-state index in [1.54, 1.807) is 20.4 Å². The molecule has 2 heterocycles. The first-order valence-electron chi connectivity index (χ1n) is 9.06. The highest BCUT2D eigenvalue weighted by Gasteiger charge is 2.26. The van der Waals surface area contributed by atoms with E-state index in [0.29, 0.717) is 29.2 Å². The van der Waals surface area contributed by atoms with E-state index in [2.05, 4.69) is 24.4 Å². The number of anilines is 1. The minimum absolute atomic E-state index is 0.0561. The third-order valence-corrected chi connectivity index (χ3v) is 4.50. The van der Waals surface area contributed by atoms with Gasteiger partial charge in [0.05, 0.1) is 39.7 Å². The van der Waals surface area contributed by atoms with E-state index in [-0.39, 0.29) is 25.2 Å². The second kappa shape index (κ2) is 10.1. The van der Waals surface area contributed by atoms with Crippen molar-refractivity contribution in [2.75, 3.05) is 33.7 Å². The molecule has 2 aromatic heterocycles. The number of esters is 2. The summed E-state index contributed by atoms with van der Waals surface area (Å²) in [7, 11) is 4.01. The number of aromatic nitrogens is 4. The van der Waals surface area contributed by atoms with Crippen LogP contribution in [0.5, 0.6) is 0 Å². The third-order valence-electron chi connectivity index (χ3n) is 4.50. The second-order valence-corrected chi connectivity index (χ2v) is 6.55. The summed E-state index contributed by atoms with van der Waals surface area (Å²) < 4.78 is 22.2. The highest BCUT2D eigenvalue weighted by molar-refractivity contribution is 5.82. The summed E-state index contributed by atoms with van der Waals surface area (Å²) in [5.74, 6) is -0.338. The third kappa shape index (κ3) is 5.61. The van der Waals surface area contributed by atoms with Crippen molar-refractivity contribution in [1.82, 2.24) is 19.5 Å². The van der Waals surface area contributed by atoms with Crippen LogP contribution in [0.15, 0.2) is 6.33 Å². The van der Waals surface area contributed by atoms with Gasteiger partial charge < -0.3 is 29.2 Å². The first kappa shape index (κ1) is 22.5. The van der Waals surface area contributed by atoms with Gasteiger partial charge in [-0.3, -0.25) is 4.79 Å². The summed E-state index contributed by atoms with van der Waals surface area (Å²) in [6.07, 6.45) is 0.535. The van der Waals surface area contributed by atoms with Gasteiger partial charge in [0.1, 0.15) is 11.3 Å². The lowest BCUT2D eigenvalue weighted by Gasteiger charge is -2.23. The average Bonchev–Trinajstić information content (AvgIpc) is 3.13. The number of carbonyl (C=O) groups is 2.